The van der Waals surface area contributed by atoms with Crippen LogP contribution in [0.3, 0.4) is 0 Å². The summed E-state index contributed by atoms with van der Waals surface area (Å²) in [5.74, 6) is -4.87. The maximum Gasteiger partial charge on any atom is 0.419 e. The highest BCUT2D eigenvalue weighted by molar-refractivity contribution is 5.97. The number of carbonyl (C=O) groups excluding carboxylic acids is 8. The summed E-state index contributed by atoms with van der Waals surface area (Å²) in [5, 5.41) is 16.9. The first-order valence-electron chi connectivity index (χ1n) is 31.6. The molecule has 2 fully saturated rings. The third-order valence-corrected chi connectivity index (χ3v) is 16.4. The van der Waals surface area contributed by atoms with Crippen molar-refractivity contribution >= 4 is 80.6 Å². The van der Waals surface area contributed by atoms with Crippen molar-refractivity contribution in [2.75, 3.05) is 20.3 Å². The van der Waals surface area contributed by atoms with Gasteiger partial charge in [0.1, 0.15) is 42.0 Å². The second kappa shape index (κ2) is 29.5. The highest BCUT2D eigenvalue weighted by atomic mass is 16.7. The lowest BCUT2D eigenvalue weighted by Gasteiger charge is -2.50. The average Bonchev–Trinajstić information content (AvgIpc) is 1.43. The summed E-state index contributed by atoms with van der Waals surface area (Å²) in [6, 6.07) is 25.2. The smallest absolute Gasteiger partial charge is 0.419 e. The van der Waals surface area contributed by atoms with Crippen molar-refractivity contribution < 1.29 is 66.8 Å². The fourth-order valence-corrected chi connectivity index (χ4v) is 12.2. The Bertz CT molecular complexity index is 3770. The molecule has 92 heavy (non-hydrogen) atoms. The number of nitrogens with one attached hydrogen (secondary N) is 6. The molecule has 1 saturated carbocycles. The van der Waals surface area contributed by atoms with Crippen LogP contribution in [0.1, 0.15) is 123 Å². The molecule has 2 aliphatic rings. The van der Waals surface area contributed by atoms with Crippen molar-refractivity contribution in [1.82, 2.24) is 40.7 Å². The highest BCUT2D eigenvalue weighted by Crippen LogP contribution is 2.43. The van der Waals surface area contributed by atoms with E-state index in [1.54, 1.807) is 133 Å². The van der Waals surface area contributed by atoms with E-state index in [9.17, 15) is 28.8 Å². The van der Waals surface area contributed by atoms with Gasteiger partial charge < -0.3 is 60.0 Å². The number of nitrogens with zero attached hydrogens (tertiary/aromatic N) is 2. The molecule has 22 heteroatoms. The lowest BCUT2D eigenvalue weighted by Crippen LogP contribution is -2.65. The van der Waals surface area contributed by atoms with Crippen LogP contribution in [0.15, 0.2) is 122 Å². The largest absolute Gasteiger partial charge is 0.467 e. The predicted octanol–water partition coefficient (Wildman–Crippen LogP) is 9.84. The lowest BCUT2D eigenvalue weighted by atomic mass is 9.76. The van der Waals surface area contributed by atoms with Gasteiger partial charge in [-0.25, -0.2) is 19.2 Å². The van der Waals surface area contributed by atoms with E-state index in [1.807, 2.05) is 44.2 Å². The second-order valence-electron chi connectivity index (χ2n) is 26.2. The van der Waals surface area contributed by atoms with Gasteiger partial charge in [-0.15, -0.1) is 0 Å². The third-order valence-electron chi connectivity index (χ3n) is 16.4. The number of para-hydroxylation sites is 3. The molecule has 7 aromatic rings. The maximum atomic E-state index is 15.6. The zero-order valence-corrected chi connectivity index (χ0v) is 53.9. The van der Waals surface area contributed by atoms with Gasteiger partial charge in [0.05, 0.1) is 37.4 Å². The highest BCUT2D eigenvalue weighted by Gasteiger charge is 2.52. The van der Waals surface area contributed by atoms with Gasteiger partial charge >= 0.3 is 24.2 Å². The summed E-state index contributed by atoms with van der Waals surface area (Å²) in [4.78, 5) is 117. The molecule has 1 spiro atoms. The van der Waals surface area contributed by atoms with Crippen LogP contribution in [0.5, 0.6) is 0 Å². The molecule has 5 amide bonds. The first kappa shape index (κ1) is 67.4. The zero-order valence-electron chi connectivity index (χ0n) is 53.9. The summed E-state index contributed by atoms with van der Waals surface area (Å²) in [7, 11) is 1.26. The quantitative estimate of drug-likeness (QED) is 0.0272. The van der Waals surface area contributed by atoms with Gasteiger partial charge in [0.2, 0.25) is 23.6 Å². The number of ether oxygens (including phenoxy) is 6. The summed E-state index contributed by atoms with van der Waals surface area (Å²) < 4.78 is 38.4. The molecule has 490 valence electrons. The Kier molecular flexibility index (Phi) is 21.6. The fourth-order valence-electron chi connectivity index (χ4n) is 12.2. The molecule has 1 aliphatic heterocycles. The Balaban J connectivity index is 1.01. The summed E-state index contributed by atoms with van der Waals surface area (Å²) in [6.45, 7) is 14.8. The van der Waals surface area contributed by atoms with Crippen LogP contribution in [0, 0.1) is 11.8 Å². The van der Waals surface area contributed by atoms with Crippen LogP contribution < -0.4 is 26.6 Å². The molecular formula is C70H86N8O14. The zero-order chi connectivity index (χ0) is 65.9. The van der Waals surface area contributed by atoms with E-state index in [1.165, 1.54) is 16.2 Å². The van der Waals surface area contributed by atoms with E-state index in [2.05, 4.69) is 31.6 Å². The van der Waals surface area contributed by atoms with Crippen LogP contribution in [-0.4, -0.2) is 130 Å². The van der Waals surface area contributed by atoms with E-state index < -0.39 is 101 Å². The van der Waals surface area contributed by atoms with Crippen LogP contribution in [0.4, 0.5) is 14.4 Å². The van der Waals surface area contributed by atoms with Gasteiger partial charge in [-0.05, 0) is 120 Å². The van der Waals surface area contributed by atoms with Gasteiger partial charge in [-0.2, -0.15) is 0 Å². The minimum Gasteiger partial charge on any atom is -0.467 e. The molecule has 1 saturated heterocycles. The molecule has 0 unspecified atom stereocenters. The molecule has 0 bridgehead atoms. The number of hydrogen-bond donors (Lipinski definition) is 6. The van der Waals surface area contributed by atoms with Gasteiger partial charge in [0.15, 0.2) is 5.79 Å². The number of amides is 5. The maximum absolute atomic E-state index is 15.6. The van der Waals surface area contributed by atoms with Crippen LogP contribution in [0.2, 0.25) is 0 Å². The Hall–Kier alpha value is -9.02. The Morgan fingerprint density at radius 1 is 0.609 bits per heavy atom. The number of alkyl carbamates (subject to hydrolysis) is 1. The molecular weight excluding hydrogens is 1180 g/mol. The molecule has 4 aromatic carbocycles. The van der Waals surface area contributed by atoms with Crippen LogP contribution in [-0.2, 0) is 78.3 Å². The Morgan fingerprint density at radius 3 is 1.71 bits per heavy atom. The molecule has 6 atom stereocenters. The number of carbonyl (C=O) groups is 8. The minimum absolute atomic E-state index is 0.0357. The van der Waals surface area contributed by atoms with E-state index in [0.29, 0.717) is 70.6 Å². The van der Waals surface area contributed by atoms with Crippen molar-refractivity contribution in [3.8, 4) is 0 Å². The number of rotatable bonds is 22. The molecule has 22 nitrogen and oxygen atoms in total. The predicted molar refractivity (Wildman–Crippen MR) is 345 cm³/mol. The van der Waals surface area contributed by atoms with Gasteiger partial charge in [-0.1, -0.05) is 105 Å². The van der Waals surface area contributed by atoms with Crippen molar-refractivity contribution in [3.63, 3.8) is 0 Å². The van der Waals surface area contributed by atoms with Gasteiger partial charge in [0.25, 0.3) is 0 Å². The standard InChI is InChI=1S/C70H86N8O14/c1-43(2)35-56(64(83)87-9)74-61(80)53(36-45-39-71-52-27-16-13-24-49(45)52)72-60(79)32-31-48-23-19-30-59(70(48)89-33-20-34-90-70)76-63(82)54(37-46-40-77(66(85)91-68(3,4)5)57-28-17-14-25-50(46)57)73-62(81)55(75-65(84)88-42-44-21-11-10-12-22-44)38-47-41-78(67(86)92-69(6,7)8)58-29-18-15-26-51(47)58/h10-18,21-22,24-29,39-41,43,48,53-56,59,71H,19-20,23,30-38,42H2,1-9H3,(H,72,79)(H,73,81)(H,74,80)(H,75,84)(H,76,82)/t48-,53+,54+,55+,56+,59-/m1/s1. The number of H-pyrrole nitrogens is 1. The first-order chi connectivity index (χ1) is 43.9. The number of hydrogen-bond acceptors (Lipinski definition) is 14. The van der Waals surface area contributed by atoms with E-state index in [0.717, 1.165) is 16.5 Å². The normalized spacial score (nSPS) is 17.1. The van der Waals surface area contributed by atoms with E-state index in [-0.39, 0.29) is 57.8 Å². The van der Waals surface area contributed by atoms with Gasteiger partial charge in [-0.3, -0.25) is 28.3 Å². The SMILES string of the molecule is COC(=O)[C@H](CC(C)C)NC(=O)[C@H](Cc1c[nH]c2ccccc12)NC(=O)CC[C@H]1CCC[C@@H](NC(=O)[C@H](Cc2cn(C(=O)OC(C)(C)C)c3ccccc23)NC(=O)[C@H](Cc2cn(C(=O)OC(C)(C)C)c3ccccc23)NC(=O)OCc2ccccc2)C12OCCCO2. The number of esters is 1. The van der Waals surface area contributed by atoms with E-state index in [4.69, 9.17) is 28.4 Å². The van der Waals surface area contributed by atoms with Gasteiger partial charge in [0, 0.05) is 71.9 Å². The molecule has 0 radical (unpaired) electrons. The Labute approximate surface area is 535 Å². The second-order valence-corrected chi connectivity index (χ2v) is 26.2. The molecule has 4 heterocycles. The van der Waals surface area contributed by atoms with Crippen molar-refractivity contribution in [3.05, 3.63) is 144 Å². The van der Waals surface area contributed by atoms with Crippen molar-refractivity contribution in [1.29, 1.82) is 0 Å². The summed E-state index contributed by atoms with van der Waals surface area (Å²) in [6.07, 6.45) is 5.00. The van der Waals surface area contributed by atoms with Crippen molar-refractivity contribution in [2.45, 2.75) is 173 Å². The molecule has 9 rings (SSSR count). The number of aromatic amines is 1. The number of benzene rings is 4. The fraction of sp³-hybridized carbons (Fsp3) is 0.457. The first-order valence-corrected chi connectivity index (χ1v) is 31.6. The molecule has 3 aromatic heterocycles. The van der Waals surface area contributed by atoms with E-state index >= 15 is 9.59 Å². The average molecular weight is 1260 g/mol. The lowest BCUT2D eigenvalue weighted by molar-refractivity contribution is -0.317. The minimum atomic E-state index is -1.44. The molecule has 6 N–H and O–H groups in total. The number of methoxy groups -OCH3 is 1. The molecule has 1 aliphatic carbocycles. The number of fused-ring (bicyclic) bond motifs is 3. The summed E-state index contributed by atoms with van der Waals surface area (Å²) in [5.41, 5.74) is 2.62. The Morgan fingerprint density at radius 2 is 1.13 bits per heavy atom. The van der Waals surface area contributed by atoms with Crippen LogP contribution >= 0.6 is 0 Å². The third kappa shape index (κ3) is 16.9. The number of aromatic nitrogens is 3. The monoisotopic (exact) mass is 1260 g/mol. The topological polar surface area (TPSA) is 278 Å². The summed E-state index contributed by atoms with van der Waals surface area (Å²) >= 11 is 0. The van der Waals surface area contributed by atoms with Crippen molar-refractivity contribution in [2.24, 2.45) is 11.8 Å². The van der Waals surface area contributed by atoms with Crippen LogP contribution in [0.25, 0.3) is 32.7 Å².